The maximum Gasteiger partial charge on any atom is 0.164 e. The van der Waals surface area contributed by atoms with E-state index in [1.54, 1.807) is 31.2 Å². The van der Waals surface area contributed by atoms with Crippen LogP contribution in [0, 0.1) is 17.2 Å². The van der Waals surface area contributed by atoms with E-state index < -0.39 is 0 Å². The third-order valence-electron chi connectivity index (χ3n) is 1.86. The molecular weight excluding hydrogens is 198 g/mol. The predicted molar refractivity (Wildman–Crippen MR) is 55.2 cm³/mol. The van der Waals surface area contributed by atoms with Crippen molar-refractivity contribution in [3.8, 4) is 6.07 Å². The minimum atomic E-state index is -0.249. The third kappa shape index (κ3) is 2.86. The molecule has 0 spiro atoms. The van der Waals surface area contributed by atoms with Crippen molar-refractivity contribution in [2.75, 3.05) is 0 Å². The van der Waals surface area contributed by atoms with E-state index in [1.165, 1.54) is 0 Å². The van der Waals surface area contributed by atoms with Crippen LogP contribution < -0.4 is 0 Å². The van der Waals surface area contributed by atoms with Crippen LogP contribution in [0.5, 0.6) is 0 Å². The van der Waals surface area contributed by atoms with Gasteiger partial charge in [0.25, 0.3) is 0 Å². The van der Waals surface area contributed by atoms with E-state index in [4.69, 9.17) is 16.9 Å². The van der Waals surface area contributed by atoms with Gasteiger partial charge in [-0.3, -0.25) is 4.79 Å². The zero-order chi connectivity index (χ0) is 10.6. The minimum absolute atomic E-state index is 0.0402. The number of carbonyl (C=O) groups is 1. The molecule has 1 rings (SSSR count). The van der Waals surface area contributed by atoms with Gasteiger partial charge in [0, 0.05) is 17.0 Å². The lowest BCUT2D eigenvalue weighted by atomic mass is 10.0. The molecule has 0 amide bonds. The van der Waals surface area contributed by atoms with Gasteiger partial charge < -0.3 is 0 Å². The van der Waals surface area contributed by atoms with E-state index >= 15 is 0 Å². The van der Waals surface area contributed by atoms with Crippen LogP contribution in [0.2, 0.25) is 5.02 Å². The molecule has 0 heterocycles. The Morgan fingerprint density at radius 2 is 2.36 bits per heavy atom. The molecule has 3 heteroatoms. The minimum Gasteiger partial charge on any atom is -0.294 e. The van der Waals surface area contributed by atoms with Gasteiger partial charge >= 0.3 is 0 Å². The Bertz CT molecular complexity index is 381. The summed E-state index contributed by atoms with van der Waals surface area (Å²) < 4.78 is 0. The van der Waals surface area contributed by atoms with Gasteiger partial charge in [-0.1, -0.05) is 23.7 Å². The normalized spacial score (nSPS) is 11.8. The molecule has 0 saturated heterocycles. The van der Waals surface area contributed by atoms with E-state index in [0.717, 1.165) is 0 Å². The summed E-state index contributed by atoms with van der Waals surface area (Å²) in [5.41, 5.74) is 0.569. The number of carbonyl (C=O) groups excluding carboxylic acids is 1. The molecule has 0 fully saturated rings. The number of nitrogens with zero attached hydrogens (tertiary/aromatic N) is 1. The summed E-state index contributed by atoms with van der Waals surface area (Å²) in [5.74, 6) is -0.289. The van der Waals surface area contributed by atoms with Gasteiger partial charge in [-0.05, 0) is 19.1 Å². The van der Waals surface area contributed by atoms with Crippen molar-refractivity contribution in [1.29, 1.82) is 5.26 Å². The van der Waals surface area contributed by atoms with E-state index in [2.05, 4.69) is 0 Å². The number of rotatable bonds is 3. The second-order valence-electron chi connectivity index (χ2n) is 3.17. The quantitative estimate of drug-likeness (QED) is 0.715. The fourth-order valence-electron chi connectivity index (χ4n) is 1.10. The Morgan fingerprint density at radius 1 is 1.64 bits per heavy atom. The van der Waals surface area contributed by atoms with Crippen LogP contribution in [0.15, 0.2) is 24.3 Å². The molecule has 0 radical (unpaired) electrons. The number of ketones is 1. The molecule has 2 nitrogen and oxygen atoms in total. The summed E-state index contributed by atoms with van der Waals surface area (Å²) >= 11 is 5.74. The van der Waals surface area contributed by atoms with Gasteiger partial charge in [-0.25, -0.2) is 0 Å². The van der Waals surface area contributed by atoms with Crippen molar-refractivity contribution in [1.82, 2.24) is 0 Å². The molecule has 0 bridgehead atoms. The van der Waals surface area contributed by atoms with Crippen molar-refractivity contribution in [3.05, 3.63) is 34.9 Å². The van der Waals surface area contributed by atoms with Crippen LogP contribution in [-0.4, -0.2) is 5.78 Å². The molecule has 14 heavy (non-hydrogen) atoms. The molecule has 72 valence electrons. The highest BCUT2D eigenvalue weighted by Crippen LogP contribution is 2.14. The van der Waals surface area contributed by atoms with Crippen LogP contribution in [0.4, 0.5) is 0 Å². The van der Waals surface area contributed by atoms with Crippen molar-refractivity contribution in [2.24, 2.45) is 5.92 Å². The van der Waals surface area contributed by atoms with Gasteiger partial charge in [0.05, 0.1) is 12.0 Å². The lowest BCUT2D eigenvalue weighted by Crippen LogP contribution is -2.04. The molecule has 1 aromatic carbocycles. The van der Waals surface area contributed by atoms with E-state index in [0.29, 0.717) is 10.6 Å². The maximum atomic E-state index is 11.6. The molecule has 0 aliphatic rings. The van der Waals surface area contributed by atoms with Gasteiger partial charge in [0.1, 0.15) is 0 Å². The summed E-state index contributed by atoms with van der Waals surface area (Å²) in [6.07, 6.45) is 0.247. The fourth-order valence-corrected chi connectivity index (χ4v) is 1.29. The molecule has 1 unspecified atom stereocenters. The Balaban J connectivity index is 2.76. The molecule has 0 aliphatic carbocycles. The highest BCUT2D eigenvalue weighted by atomic mass is 35.5. The molecule has 0 saturated carbocycles. The lowest BCUT2D eigenvalue weighted by molar-refractivity contribution is 0.0973. The van der Waals surface area contributed by atoms with Gasteiger partial charge in [0.2, 0.25) is 0 Å². The van der Waals surface area contributed by atoms with Gasteiger partial charge in [-0.15, -0.1) is 0 Å². The van der Waals surface area contributed by atoms with Crippen LogP contribution >= 0.6 is 11.6 Å². The second-order valence-corrected chi connectivity index (χ2v) is 3.60. The van der Waals surface area contributed by atoms with E-state index in [9.17, 15) is 4.79 Å². The number of nitriles is 1. The molecule has 0 aromatic heterocycles. The summed E-state index contributed by atoms with van der Waals surface area (Å²) in [6.45, 7) is 1.72. The van der Waals surface area contributed by atoms with E-state index in [1.807, 2.05) is 6.07 Å². The van der Waals surface area contributed by atoms with Crippen LogP contribution in [-0.2, 0) is 0 Å². The Labute approximate surface area is 88.1 Å². The van der Waals surface area contributed by atoms with E-state index in [-0.39, 0.29) is 18.1 Å². The average Bonchev–Trinajstić information content (AvgIpc) is 2.17. The highest BCUT2D eigenvalue weighted by Gasteiger charge is 2.10. The van der Waals surface area contributed by atoms with Crippen molar-refractivity contribution >= 4 is 17.4 Å². The monoisotopic (exact) mass is 207 g/mol. The first-order valence-corrected chi connectivity index (χ1v) is 4.69. The number of hydrogen-bond donors (Lipinski definition) is 0. The molecular formula is C11H10ClNO. The molecule has 0 N–H and O–H groups in total. The number of hydrogen-bond acceptors (Lipinski definition) is 2. The number of benzene rings is 1. The zero-order valence-corrected chi connectivity index (χ0v) is 8.58. The first-order valence-electron chi connectivity index (χ1n) is 4.32. The van der Waals surface area contributed by atoms with Crippen LogP contribution in [0.1, 0.15) is 23.7 Å². The smallest absolute Gasteiger partial charge is 0.164 e. The SMILES string of the molecule is CC(C#N)CC(=O)c1cccc(Cl)c1. The Kier molecular flexibility index (Phi) is 3.67. The highest BCUT2D eigenvalue weighted by molar-refractivity contribution is 6.31. The number of Topliss-reactive ketones (excluding diaryl/α,β-unsaturated/α-hetero) is 1. The summed E-state index contributed by atoms with van der Waals surface area (Å²) in [6, 6.07) is 8.80. The van der Waals surface area contributed by atoms with Crippen LogP contribution in [0.3, 0.4) is 0 Å². The zero-order valence-electron chi connectivity index (χ0n) is 7.83. The number of halogens is 1. The fraction of sp³-hybridized carbons (Fsp3) is 0.273. The average molecular weight is 208 g/mol. The summed E-state index contributed by atoms with van der Waals surface area (Å²) in [7, 11) is 0. The molecule has 1 aromatic rings. The van der Waals surface area contributed by atoms with Crippen molar-refractivity contribution < 1.29 is 4.79 Å². The molecule has 0 aliphatic heterocycles. The summed E-state index contributed by atoms with van der Waals surface area (Å²) in [5, 5.41) is 9.10. The van der Waals surface area contributed by atoms with Gasteiger partial charge in [-0.2, -0.15) is 5.26 Å². The largest absolute Gasteiger partial charge is 0.294 e. The van der Waals surface area contributed by atoms with Crippen molar-refractivity contribution in [2.45, 2.75) is 13.3 Å². The topological polar surface area (TPSA) is 40.9 Å². The maximum absolute atomic E-state index is 11.6. The second kappa shape index (κ2) is 4.78. The standard InChI is InChI=1S/C11H10ClNO/c1-8(7-13)5-11(14)9-3-2-4-10(12)6-9/h2-4,6,8H,5H2,1H3. The lowest BCUT2D eigenvalue weighted by Gasteiger charge is -2.02. The Hall–Kier alpha value is -1.33. The third-order valence-corrected chi connectivity index (χ3v) is 2.09. The van der Waals surface area contributed by atoms with Crippen LogP contribution in [0.25, 0.3) is 0 Å². The van der Waals surface area contributed by atoms with Crippen molar-refractivity contribution in [3.63, 3.8) is 0 Å². The predicted octanol–water partition coefficient (Wildman–Crippen LogP) is 3.07. The molecule has 1 atom stereocenters. The first-order chi connectivity index (χ1) is 6.63. The first kappa shape index (κ1) is 10.7. The Morgan fingerprint density at radius 3 is 2.93 bits per heavy atom. The van der Waals surface area contributed by atoms with Gasteiger partial charge in [0.15, 0.2) is 5.78 Å². The summed E-state index contributed by atoms with van der Waals surface area (Å²) in [4.78, 5) is 11.6.